The van der Waals surface area contributed by atoms with E-state index in [1.807, 2.05) is 30.3 Å². The fourth-order valence-corrected chi connectivity index (χ4v) is 4.17. The minimum absolute atomic E-state index is 0.0509. The summed E-state index contributed by atoms with van der Waals surface area (Å²) in [5, 5.41) is 19.1. The number of halogens is 1. The van der Waals surface area contributed by atoms with Crippen LogP contribution in [0.1, 0.15) is 11.1 Å². The van der Waals surface area contributed by atoms with Crippen LogP contribution in [0.25, 0.3) is 0 Å². The highest BCUT2D eigenvalue weighted by molar-refractivity contribution is 7.98. The topological polar surface area (TPSA) is 93.7 Å². The number of nitrogens with zero attached hydrogens (tertiary/aromatic N) is 2. The molecule has 0 spiro atoms. The van der Waals surface area contributed by atoms with Crippen molar-refractivity contribution in [3.05, 3.63) is 62.7 Å². The lowest BCUT2D eigenvalue weighted by molar-refractivity contribution is -0.763. The van der Waals surface area contributed by atoms with Crippen molar-refractivity contribution in [3.8, 4) is 0 Å². The van der Waals surface area contributed by atoms with Gasteiger partial charge < -0.3 is 10.2 Å². The average molecular weight is 399 g/mol. The minimum Gasteiger partial charge on any atom is -0.370 e. The van der Waals surface area contributed by atoms with E-state index in [1.54, 1.807) is 18.0 Å². The molecule has 2 aromatic carbocycles. The van der Waals surface area contributed by atoms with Crippen molar-refractivity contribution >= 4 is 41.2 Å². The maximum absolute atomic E-state index is 10.3. The molecule has 132 valence electrons. The number of hydrogen-bond donors (Lipinski definition) is 2. The van der Waals surface area contributed by atoms with Crippen molar-refractivity contribution in [1.82, 2.24) is 4.31 Å². The van der Waals surface area contributed by atoms with E-state index in [-0.39, 0.29) is 6.61 Å². The molecule has 0 saturated heterocycles. The van der Waals surface area contributed by atoms with Crippen molar-refractivity contribution in [3.63, 3.8) is 0 Å². The van der Waals surface area contributed by atoms with Gasteiger partial charge in [-0.3, -0.25) is 5.14 Å². The van der Waals surface area contributed by atoms with E-state index >= 15 is 0 Å². The molecule has 1 aliphatic rings. The molecule has 0 bridgehead atoms. The standard InChI is InChI=1S/C15H15ClN4O3S2/c16-12-5-13-15(6-14(12)24-17)25-19(9-18-13)7-10-2-1-3-11(4-10)8-23-20(21)22/h1-6,18H,7-9,17H2. The lowest BCUT2D eigenvalue weighted by Gasteiger charge is -2.29. The maximum atomic E-state index is 10.3. The minimum atomic E-state index is -0.786. The molecule has 0 atom stereocenters. The Labute approximate surface area is 158 Å². The van der Waals surface area contributed by atoms with Gasteiger partial charge in [-0.1, -0.05) is 35.9 Å². The Bertz CT molecular complexity index is 793. The van der Waals surface area contributed by atoms with Crippen molar-refractivity contribution < 1.29 is 9.92 Å². The summed E-state index contributed by atoms with van der Waals surface area (Å²) < 4.78 is 2.15. The first-order chi connectivity index (χ1) is 12.0. The number of benzene rings is 2. The Hall–Kier alpha value is -1.65. The number of nitrogens with one attached hydrogen (secondary N) is 1. The van der Waals surface area contributed by atoms with Crippen molar-refractivity contribution in [2.24, 2.45) is 5.14 Å². The van der Waals surface area contributed by atoms with E-state index in [0.717, 1.165) is 38.6 Å². The van der Waals surface area contributed by atoms with E-state index in [2.05, 4.69) is 14.5 Å². The molecule has 2 aromatic rings. The van der Waals surface area contributed by atoms with Crippen LogP contribution in [0.2, 0.25) is 5.02 Å². The van der Waals surface area contributed by atoms with Gasteiger partial charge in [-0.25, -0.2) is 4.31 Å². The second-order valence-electron chi connectivity index (χ2n) is 5.28. The summed E-state index contributed by atoms with van der Waals surface area (Å²) in [5.41, 5.74) is 2.79. The highest BCUT2D eigenvalue weighted by atomic mass is 35.5. The molecular formula is C15H15ClN4O3S2. The number of hydrogen-bond acceptors (Lipinski definition) is 8. The second-order valence-corrected chi connectivity index (χ2v) is 7.50. The molecule has 7 nitrogen and oxygen atoms in total. The molecular weight excluding hydrogens is 384 g/mol. The molecule has 3 N–H and O–H groups in total. The average Bonchev–Trinajstić information content (AvgIpc) is 2.60. The summed E-state index contributed by atoms with van der Waals surface area (Å²) in [6.45, 7) is 1.28. The zero-order valence-corrected chi connectivity index (χ0v) is 15.4. The normalized spacial score (nSPS) is 13.8. The molecule has 0 aliphatic carbocycles. The quantitative estimate of drug-likeness (QED) is 0.429. The smallest absolute Gasteiger partial charge is 0.294 e. The Kier molecular flexibility index (Phi) is 5.92. The van der Waals surface area contributed by atoms with E-state index < -0.39 is 5.09 Å². The van der Waals surface area contributed by atoms with Gasteiger partial charge in [-0.05, 0) is 47.2 Å². The first-order valence-electron chi connectivity index (χ1n) is 7.27. The van der Waals surface area contributed by atoms with Crippen LogP contribution in [0.5, 0.6) is 0 Å². The molecule has 10 heteroatoms. The zero-order valence-electron chi connectivity index (χ0n) is 13.0. The summed E-state index contributed by atoms with van der Waals surface area (Å²) in [6.07, 6.45) is 0. The van der Waals surface area contributed by atoms with Crippen molar-refractivity contribution in [1.29, 1.82) is 0 Å². The number of nitrogens with two attached hydrogens (primary N) is 1. The first kappa shape index (κ1) is 18.2. The fourth-order valence-electron chi connectivity index (χ4n) is 2.42. The van der Waals surface area contributed by atoms with Crippen LogP contribution in [0.3, 0.4) is 0 Å². The van der Waals surface area contributed by atoms with Gasteiger partial charge in [0.2, 0.25) is 0 Å². The predicted molar refractivity (Wildman–Crippen MR) is 99.6 cm³/mol. The van der Waals surface area contributed by atoms with Gasteiger partial charge in [-0.15, -0.1) is 10.1 Å². The van der Waals surface area contributed by atoms with Crippen LogP contribution in [-0.4, -0.2) is 16.1 Å². The summed E-state index contributed by atoms with van der Waals surface area (Å²) in [7, 11) is 0. The molecule has 1 aliphatic heterocycles. The van der Waals surface area contributed by atoms with E-state index in [1.165, 1.54) is 0 Å². The zero-order chi connectivity index (χ0) is 17.8. The molecule has 0 aromatic heterocycles. The van der Waals surface area contributed by atoms with Gasteiger partial charge in [0, 0.05) is 16.3 Å². The van der Waals surface area contributed by atoms with Gasteiger partial charge in [0.05, 0.1) is 17.4 Å². The third-order valence-corrected chi connectivity index (χ3v) is 5.59. The highest BCUT2D eigenvalue weighted by Gasteiger charge is 2.19. The van der Waals surface area contributed by atoms with Crippen LogP contribution in [-0.2, 0) is 18.0 Å². The third-order valence-electron chi connectivity index (χ3n) is 3.52. The molecule has 0 amide bonds. The highest BCUT2D eigenvalue weighted by Crippen LogP contribution is 2.40. The van der Waals surface area contributed by atoms with Crippen LogP contribution in [0.4, 0.5) is 5.69 Å². The Balaban J connectivity index is 1.68. The largest absolute Gasteiger partial charge is 0.370 e. The van der Waals surface area contributed by atoms with Gasteiger partial charge in [-0.2, -0.15) is 0 Å². The number of fused-ring (bicyclic) bond motifs is 1. The van der Waals surface area contributed by atoms with Crippen LogP contribution in [0.15, 0.2) is 46.2 Å². The molecule has 0 radical (unpaired) electrons. The van der Waals surface area contributed by atoms with E-state index in [4.69, 9.17) is 16.7 Å². The Morgan fingerprint density at radius 1 is 1.40 bits per heavy atom. The van der Waals surface area contributed by atoms with Crippen LogP contribution in [0, 0.1) is 10.1 Å². The van der Waals surface area contributed by atoms with E-state index in [9.17, 15) is 10.1 Å². The molecule has 0 fully saturated rings. The van der Waals surface area contributed by atoms with Crippen LogP contribution < -0.4 is 10.5 Å². The third kappa shape index (κ3) is 4.71. The lowest BCUT2D eigenvalue weighted by atomic mass is 10.1. The van der Waals surface area contributed by atoms with Gasteiger partial charge in [0.15, 0.2) is 0 Å². The molecule has 0 saturated carbocycles. The van der Waals surface area contributed by atoms with E-state index in [0.29, 0.717) is 18.2 Å². The summed E-state index contributed by atoms with van der Waals surface area (Å²) in [5.74, 6) is 0. The molecule has 1 heterocycles. The Morgan fingerprint density at radius 2 is 2.20 bits per heavy atom. The maximum Gasteiger partial charge on any atom is 0.294 e. The SMILES string of the molecule is NSc1cc2c(cc1Cl)NCN(Cc1cccc(CO[N+](=O)[O-])c1)S2. The second kappa shape index (κ2) is 8.15. The van der Waals surface area contributed by atoms with Crippen molar-refractivity contribution in [2.45, 2.75) is 22.9 Å². The van der Waals surface area contributed by atoms with Gasteiger partial charge in [0.1, 0.15) is 6.61 Å². The molecule has 25 heavy (non-hydrogen) atoms. The molecule has 3 rings (SSSR count). The monoisotopic (exact) mass is 398 g/mol. The molecule has 0 unspecified atom stereocenters. The predicted octanol–water partition coefficient (Wildman–Crippen LogP) is 3.91. The Morgan fingerprint density at radius 3 is 2.96 bits per heavy atom. The lowest BCUT2D eigenvalue weighted by Crippen LogP contribution is -2.26. The summed E-state index contributed by atoms with van der Waals surface area (Å²) in [6, 6.07) is 11.4. The fraction of sp³-hybridized carbons (Fsp3) is 0.200. The number of rotatable bonds is 6. The van der Waals surface area contributed by atoms with Gasteiger partial charge in [0.25, 0.3) is 5.09 Å². The van der Waals surface area contributed by atoms with Gasteiger partial charge >= 0.3 is 0 Å². The van der Waals surface area contributed by atoms with Crippen molar-refractivity contribution in [2.75, 3.05) is 12.0 Å². The summed E-state index contributed by atoms with van der Waals surface area (Å²) >= 11 is 8.91. The summed E-state index contributed by atoms with van der Waals surface area (Å²) in [4.78, 5) is 16.6. The number of anilines is 1. The first-order valence-corrected chi connectivity index (χ1v) is 9.30. The van der Waals surface area contributed by atoms with Crippen LogP contribution >= 0.6 is 35.5 Å².